The van der Waals surface area contributed by atoms with Gasteiger partial charge in [-0.25, -0.2) is 0 Å². The van der Waals surface area contributed by atoms with Crippen LogP contribution in [-0.4, -0.2) is 30.6 Å². The molecule has 1 amide bonds. The lowest BCUT2D eigenvalue weighted by molar-refractivity contribution is -0.384. The first-order chi connectivity index (χ1) is 9.40. The molecule has 0 aliphatic carbocycles. The largest absolute Gasteiger partial charge is 0.375 e. The Balaban J connectivity index is 2.55. The number of nitrogens with zero attached hydrogens (tertiary/aromatic N) is 1. The van der Waals surface area contributed by atoms with E-state index in [1.807, 2.05) is 6.92 Å². The van der Waals surface area contributed by atoms with Crippen LogP contribution in [0, 0.1) is 10.1 Å². The molecule has 0 unspecified atom stereocenters. The Kier molecular flexibility index (Phi) is 6.14. The van der Waals surface area contributed by atoms with Crippen LogP contribution < -0.4 is 5.32 Å². The van der Waals surface area contributed by atoms with Crippen LogP contribution in [-0.2, 0) is 4.74 Å². The summed E-state index contributed by atoms with van der Waals surface area (Å²) in [6, 6.07) is 3.74. The minimum Gasteiger partial charge on any atom is -0.375 e. The monoisotopic (exact) mass is 298 g/mol. The Morgan fingerprint density at radius 3 is 2.80 bits per heavy atom. The Morgan fingerprint density at radius 1 is 1.50 bits per heavy atom. The number of nitro benzene ring substituents is 1. The third-order valence-corrected chi connectivity index (χ3v) is 2.45. The van der Waals surface area contributed by atoms with Crippen molar-refractivity contribution in [2.24, 2.45) is 0 Å². The summed E-state index contributed by atoms with van der Waals surface area (Å²) in [4.78, 5) is 21.9. The smallest absolute Gasteiger partial charge is 0.271 e. The van der Waals surface area contributed by atoms with Crippen LogP contribution >= 0.6 is 11.6 Å². The number of halogens is 1. The van der Waals surface area contributed by atoms with Crippen molar-refractivity contribution in [1.29, 1.82) is 0 Å². The molecule has 6 nitrogen and oxygen atoms in total. The van der Waals surface area contributed by atoms with Crippen LogP contribution in [0.25, 0.3) is 0 Å². The second kappa shape index (κ2) is 7.62. The summed E-state index contributed by atoms with van der Waals surface area (Å²) < 4.78 is 5.22. The van der Waals surface area contributed by atoms with Gasteiger partial charge in [-0.2, -0.15) is 0 Å². The van der Waals surface area contributed by atoms with E-state index in [2.05, 4.69) is 11.9 Å². The number of benzene rings is 1. The highest BCUT2D eigenvalue weighted by Crippen LogP contribution is 2.20. The fraction of sp³-hybridized carbons (Fsp3) is 0.308. The number of rotatable bonds is 7. The molecule has 0 atom stereocenters. The van der Waals surface area contributed by atoms with Crippen molar-refractivity contribution >= 4 is 23.2 Å². The summed E-state index contributed by atoms with van der Waals surface area (Å²) in [5.74, 6) is -0.436. The van der Waals surface area contributed by atoms with Gasteiger partial charge in [-0.05, 0) is 13.0 Å². The van der Waals surface area contributed by atoms with Gasteiger partial charge in [-0.1, -0.05) is 23.8 Å². The average Bonchev–Trinajstić information content (AvgIpc) is 2.36. The molecule has 108 valence electrons. The molecule has 7 heteroatoms. The molecule has 20 heavy (non-hydrogen) atoms. The molecule has 1 rings (SSSR count). The predicted octanol–water partition coefficient (Wildman–Crippen LogP) is 2.57. The number of hydrogen-bond acceptors (Lipinski definition) is 4. The minimum absolute atomic E-state index is 0.142. The van der Waals surface area contributed by atoms with Crippen molar-refractivity contribution in [2.45, 2.75) is 6.92 Å². The van der Waals surface area contributed by atoms with Gasteiger partial charge in [0.15, 0.2) is 0 Å². The second-order valence-corrected chi connectivity index (χ2v) is 4.66. The van der Waals surface area contributed by atoms with Crippen LogP contribution in [0.1, 0.15) is 17.3 Å². The van der Waals surface area contributed by atoms with E-state index in [4.69, 9.17) is 16.3 Å². The van der Waals surface area contributed by atoms with Crippen LogP contribution in [0.2, 0.25) is 5.02 Å². The Bertz CT molecular complexity index is 531. The molecule has 1 N–H and O–H groups in total. The van der Waals surface area contributed by atoms with E-state index in [0.29, 0.717) is 19.8 Å². The number of amides is 1. The number of hydrogen-bond donors (Lipinski definition) is 1. The average molecular weight is 299 g/mol. The molecule has 0 saturated heterocycles. The molecule has 0 radical (unpaired) electrons. The van der Waals surface area contributed by atoms with Crippen LogP contribution in [0.4, 0.5) is 5.69 Å². The first kappa shape index (κ1) is 16.1. The zero-order chi connectivity index (χ0) is 15.1. The van der Waals surface area contributed by atoms with Crippen molar-refractivity contribution in [3.63, 3.8) is 0 Å². The number of carbonyl (C=O) groups excluding carboxylic acids is 1. The molecule has 0 bridgehead atoms. The van der Waals surface area contributed by atoms with Gasteiger partial charge < -0.3 is 10.1 Å². The van der Waals surface area contributed by atoms with Gasteiger partial charge in [0.2, 0.25) is 0 Å². The highest BCUT2D eigenvalue weighted by Gasteiger charge is 2.13. The standard InChI is InChI=1S/C13H15ClN2O4/c1-9(2)8-20-4-3-15-13(17)10-5-11(14)7-12(6-10)16(18)19/h5-7H,1,3-4,8H2,2H3,(H,15,17). The maximum atomic E-state index is 11.8. The maximum absolute atomic E-state index is 11.8. The van der Waals surface area contributed by atoms with E-state index in [1.165, 1.54) is 18.2 Å². The molecular formula is C13H15ClN2O4. The Hall–Kier alpha value is -1.92. The summed E-state index contributed by atoms with van der Waals surface area (Å²) in [5, 5.41) is 13.4. The summed E-state index contributed by atoms with van der Waals surface area (Å²) in [6.45, 7) is 6.58. The van der Waals surface area contributed by atoms with Gasteiger partial charge in [-0.3, -0.25) is 14.9 Å². The zero-order valence-electron chi connectivity index (χ0n) is 11.0. The van der Waals surface area contributed by atoms with Gasteiger partial charge in [0.25, 0.3) is 11.6 Å². The highest BCUT2D eigenvalue weighted by atomic mass is 35.5. The maximum Gasteiger partial charge on any atom is 0.271 e. The summed E-state index contributed by atoms with van der Waals surface area (Å²) in [5.41, 5.74) is 0.812. The fourth-order valence-electron chi connectivity index (χ4n) is 1.40. The van der Waals surface area contributed by atoms with Crippen molar-refractivity contribution in [3.05, 3.63) is 51.1 Å². The lowest BCUT2D eigenvalue weighted by atomic mass is 10.2. The van der Waals surface area contributed by atoms with Crippen LogP contribution in [0.15, 0.2) is 30.4 Å². The Morgan fingerprint density at radius 2 is 2.20 bits per heavy atom. The normalized spacial score (nSPS) is 10.1. The fourth-order valence-corrected chi connectivity index (χ4v) is 1.63. The molecule has 0 fully saturated rings. The third kappa shape index (κ3) is 5.38. The third-order valence-electron chi connectivity index (χ3n) is 2.24. The van der Waals surface area contributed by atoms with Gasteiger partial charge in [0, 0.05) is 29.3 Å². The zero-order valence-corrected chi connectivity index (χ0v) is 11.8. The molecule has 0 saturated carbocycles. The quantitative estimate of drug-likeness (QED) is 0.363. The van der Waals surface area contributed by atoms with E-state index in [1.54, 1.807) is 0 Å². The topological polar surface area (TPSA) is 81.5 Å². The second-order valence-electron chi connectivity index (χ2n) is 4.22. The number of nitrogens with one attached hydrogen (secondary N) is 1. The molecule has 0 aliphatic heterocycles. The van der Waals surface area contributed by atoms with E-state index < -0.39 is 10.8 Å². The van der Waals surface area contributed by atoms with E-state index in [9.17, 15) is 14.9 Å². The van der Waals surface area contributed by atoms with Crippen molar-refractivity contribution in [3.8, 4) is 0 Å². The first-order valence-corrected chi connectivity index (χ1v) is 6.23. The van der Waals surface area contributed by atoms with Crippen molar-refractivity contribution < 1.29 is 14.5 Å². The SMILES string of the molecule is C=C(C)COCCNC(=O)c1cc(Cl)cc([N+](=O)[O-])c1. The van der Waals surface area contributed by atoms with Crippen molar-refractivity contribution in [2.75, 3.05) is 19.8 Å². The van der Waals surface area contributed by atoms with Gasteiger partial charge in [0.05, 0.1) is 18.1 Å². The van der Waals surface area contributed by atoms with Gasteiger partial charge in [-0.15, -0.1) is 0 Å². The molecule has 0 spiro atoms. The molecule has 1 aromatic carbocycles. The lowest BCUT2D eigenvalue weighted by Crippen LogP contribution is -2.27. The summed E-state index contributed by atoms with van der Waals surface area (Å²) >= 11 is 5.74. The van der Waals surface area contributed by atoms with Crippen molar-refractivity contribution in [1.82, 2.24) is 5.32 Å². The number of ether oxygens (including phenoxy) is 1. The van der Waals surface area contributed by atoms with E-state index in [-0.39, 0.29) is 16.3 Å². The highest BCUT2D eigenvalue weighted by molar-refractivity contribution is 6.31. The number of non-ortho nitro benzene ring substituents is 1. The summed E-state index contributed by atoms with van der Waals surface area (Å²) in [6.07, 6.45) is 0. The summed E-state index contributed by atoms with van der Waals surface area (Å²) in [7, 11) is 0. The molecular weight excluding hydrogens is 284 g/mol. The molecule has 0 aromatic heterocycles. The molecule has 1 aromatic rings. The van der Waals surface area contributed by atoms with Gasteiger partial charge >= 0.3 is 0 Å². The molecule has 0 aliphatic rings. The minimum atomic E-state index is -0.599. The van der Waals surface area contributed by atoms with Crippen LogP contribution in [0.5, 0.6) is 0 Å². The first-order valence-electron chi connectivity index (χ1n) is 5.85. The lowest BCUT2D eigenvalue weighted by Gasteiger charge is -2.06. The predicted molar refractivity (Wildman–Crippen MR) is 76.1 cm³/mol. The van der Waals surface area contributed by atoms with Gasteiger partial charge in [0.1, 0.15) is 0 Å². The number of carbonyl (C=O) groups is 1. The van der Waals surface area contributed by atoms with E-state index >= 15 is 0 Å². The van der Waals surface area contributed by atoms with Crippen LogP contribution in [0.3, 0.4) is 0 Å². The van der Waals surface area contributed by atoms with E-state index in [0.717, 1.165) is 5.57 Å². The molecule has 0 heterocycles. The number of nitro groups is 1. The Labute approximate surface area is 121 Å².